The monoisotopic (exact) mass is 213 g/mol. The second kappa shape index (κ2) is 5.04. The Morgan fingerprint density at radius 3 is 2.87 bits per heavy atom. The molecule has 0 aliphatic carbocycles. The minimum Gasteiger partial charge on any atom is -0.350 e. The lowest BCUT2D eigenvalue weighted by molar-refractivity contribution is 0.151. The number of hydrogen-bond acceptors (Lipinski definition) is 2. The third-order valence-corrected chi connectivity index (χ3v) is 1.55. The predicted octanol–water partition coefficient (Wildman–Crippen LogP) is 1.63. The molecule has 1 aromatic rings. The first-order valence-corrected chi connectivity index (χ1v) is 4.06. The van der Waals surface area contributed by atoms with Gasteiger partial charge in [-0.15, -0.1) is 0 Å². The van der Waals surface area contributed by atoms with Gasteiger partial charge in [0.05, 0.1) is 6.21 Å². The van der Waals surface area contributed by atoms with Gasteiger partial charge in [-0.25, -0.2) is 19.0 Å². The SMILES string of the molecule is NC(=O)N/N=C/c1cccc(C(F)F)c1. The number of nitrogens with zero attached hydrogens (tertiary/aromatic N) is 1. The second-order valence-electron chi connectivity index (χ2n) is 2.71. The fourth-order valence-electron chi connectivity index (χ4n) is 0.945. The van der Waals surface area contributed by atoms with Crippen LogP contribution in [0.15, 0.2) is 29.4 Å². The van der Waals surface area contributed by atoms with Gasteiger partial charge in [-0.2, -0.15) is 5.10 Å². The highest BCUT2D eigenvalue weighted by Gasteiger charge is 2.05. The van der Waals surface area contributed by atoms with Crippen molar-refractivity contribution in [2.75, 3.05) is 0 Å². The number of nitrogens with one attached hydrogen (secondary N) is 1. The van der Waals surface area contributed by atoms with Crippen molar-refractivity contribution >= 4 is 12.2 Å². The fourth-order valence-corrected chi connectivity index (χ4v) is 0.945. The van der Waals surface area contributed by atoms with Crippen LogP contribution in [-0.4, -0.2) is 12.2 Å². The van der Waals surface area contributed by atoms with Crippen molar-refractivity contribution in [3.8, 4) is 0 Å². The molecule has 15 heavy (non-hydrogen) atoms. The Balaban J connectivity index is 2.73. The van der Waals surface area contributed by atoms with Gasteiger partial charge in [0.15, 0.2) is 0 Å². The molecule has 0 unspecified atom stereocenters. The molecule has 0 saturated carbocycles. The summed E-state index contributed by atoms with van der Waals surface area (Å²) in [6, 6.07) is 4.84. The van der Waals surface area contributed by atoms with E-state index in [0.29, 0.717) is 5.56 Å². The summed E-state index contributed by atoms with van der Waals surface area (Å²) in [4.78, 5) is 10.2. The van der Waals surface area contributed by atoms with E-state index < -0.39 is 12.5 Å². The summed E-state index contributed by atoms with van der Waals surface area (Å²) >= 11 is 0. The molecule has 0 aromatic heterocycles. The molecule has 0 bridgehead atoms. The van der Waals surface area contributed by atoms with E-state index in [9.17, 15) is 13.6 Å². The summed E-state index contributed by atoms with van der Waals surface area (Å²) in [6.07, 6.45) is -1.29. The average molecular weight is 213 g/mol. The molecule has 4 nitrogen and oxygen atoms in total. The molecule has 3 N–H and O–H groups in total. The zero-order chi connectivity index (χ0) is 11.3. The maximum atomic E-state index is 12.3. The molecule has 0 fully saturated rings. The summed E-state index contributed by atoms with van der Waals surface area (Å²) in [6.45, 7) is 0. The van der Waals surface area contributed by atoms with Crippen LogP contribution >= 0.6 is 0 Å². The molecule has 2 amide bonds. The van der Waals surface area contributed by atoms with E-state index in [1.165, 1.54) is 24.4 Å². The van der Waals surface area contributed by atoms with Gasteiger partial charge < -0.3 is 5.73 Å². The van der Waals surface area contributed by atoms with E-state index >= 15 is 0 Å². The van der Waals surface area contributed by atoms with Gasteiger partial charge in [0.1, 0.15) is 0 Å². The number of amides is 2. The van der Waals surface area contributed by atoms with E-state index in [2.05, 4.69) is 5.10 Å². The topological polar surface area (TPSA) is 67.5 Å². The predicted molar refractivity (Wildman–Crippen MR) is 51.7 cm³/mol. The highest BCUT2D eigenvalue weighted by molar-refractivity contribution is 5.81. The summed E-state index contributed by atoms with van der Waals surface area (Å²) < 4.78 is 24.5. The first kappa shape index (κ1) is 11.1. The molecule has 1 rings (SSSR count). The third-order valence-electron chi connectivity index (χ3n) is 1.55. The van der Waals surface area contributed by atoms with Crippen molar-refractivity contribution < 1.29 is 13.6 Å². The molecule has 0 atom stereocenters. The second-order valence-corrected chi connectivity index (χ2v) is 2.71. The van der Waals surface area contributed by atoms with Gasteiger partial charge in [-0.3, -0.25) is 0 Å². The number of nitrogens with two attached hydrogens (primary N) is 1. The summed E-state index contributed by atoms with van der Waals surface area (Å²) in [5, 5.41) is 3.45. The van der Waals surface area contributed by atoms with Gasteiger partial charge >= 0.3 is 6.03 Å². The van der Waals surface area contributed by atoms with Crippen molar-refractivity contribution in [2.24, 2.45) is 10.8 Å². The number of benzene rings is 1. The third kappa shape index (κ3) is 3.72. The van der Waals surface area contributed by atoms with Crippen LogP contribution in [0.2, 0.25) is 0 Å². The number of primary amides is 1. The number of urea groups is 1. The van der Waals surface area contributed by atoms with Crippen LogP contribution < -0.4 is 11.2 Å². The van der Waals surface area contributed by atoms with Crippen LogP contribution in [0.4, 0.5) is 13.6 Å². The summed E-state index contributed by atoms with van der Waals surface area (Å²) in [5.41, 5.74) is 7.08. The maximum Gasteiger partial charge on any atom is 0.332 e. The number of alkyl halides is 2. The summed E-state index contributed by atoms with van der Waals surface area (Å²) in [5.74, 6) is 0. The molecule has 0 aliphatic heterocycles. The molecule has 0 spiro atoms. The number of hydrogen-bond donors (Lipinski definition) is 2. The van der Waals surface area contributed by atoms with E-state index in [1.807, 2.05) is 5.43 Å². The van der Waals surface area contributed by atoms with Crippen LogP contribution in [0.1, 0.15) is 17.6 Å². The lowest BCUT2D eigenvalue weighted by Crippen LogP contribution is -2.24. The Hall–Kier alpha value is -1.98. The van der Waals surface area contributed by atoms with Gasteiger partial charge in [0.2, 0.25) is 0 Å². The molecule has 1 aromatic carbocycles. The van der Waals surface area contributed by atoms with E-state index in [1.54, 1.807) is 6.07 Å². The smallest absolute Gasteiger partial charge is 0.332 e. The quantitative estimate of drug-likeness (QED) is 0.581. The highest BCUT2D eigenvalue weighted by Crippen LogP contribution is 2.18. The lowest BCUT2D eigenvalue weighted by atomic mass is 10.1. The Morgan fingerprint density at radius 1 is 1.53 bits per heavy atom. The van der Waals surface area contributed by atoms with Crippen LogP contribution in [0, 0.1) is 0 Å². The highest BCUT2D eigenvalue weighted by atomic mass is 19.3. The Morgan fingerprint density at radius 2 is 2.27 bits per heavy atom. The lowest BCUT2D eigenvalue weighted by Gasteiger charge is -1.99. The fraction of sp³-hybridized carbons (Fsp3) is 0.111. The number of rotatable bonds is 3. The zero-order valence-corrected chi connectivity index (χ0v) is 7.65. The maximum absolute atomic E-state index is 12.3. The number of hydrazone groups is 1. The van der Waals surface area contributed by atoms with Gasteiger partial charge in [0, 0.05) is 5.56 Å². The molecule has 6 heteroatoms. The van der Waals surface area contributed by atoms with Crippen LogP contribution in [0.5, 0.6) is 0 Å². The number of halogens is 2. The molecule has 80 valence electrons. The Kier molecular flexibility index (Phi) is 3.73. The number of carbonyl (C=O) groups excluding carboxylic acids is 1. The molecule has 0 aliphatic rings. The van der Waals surface area contributed by atoms with Crippen molar-refractivity contribution in [3.05, 3.63) is 35.4 Å². The molecular weight excluding hydrogens is 204 g/mol. The van der Waals surface area contributed by atoms with E-state index in [-0.39, 0.29) is 5.56 Å². The van der Waals surface area contributed by atoms with Crippen molar-refractivity contribution in [1.29, 1.82) is 0 Å². The standard InChI is InChI=1S/C9H9F2N3O/c10-8(11)7-3-1-2-6(4-7)5-13-14-9(12)15/h1-5,8H,(H3,12,14,15)/b13-5+. The van der Waals surface area contributed by atoms with E-state index in [0.717, 1.165) is 0 Å². The molecule has 0 heterocycles. The van der Waals surface area contributed by atoms with E-state index in [4.69, 9.17) is 5.73 Å². The minimum absolute atomic E-state index is 0.0991. The van der Waals surface area contributed by atoms with Gasteiger partial charge in [-0.05, 0) is 11.6 Å². The first-order valence-electron chi connectivity index (χ1n) is 4.06. The van der Waals surface area contributed by atoms with Crippen molar-refractivity contribution in [1.82, 2.24) is 5.43 Å². The molecule has 0 saturated heterocycles. The van der Waals surface area contributed by atoms with Crippen LogP contribution in [0.3, 0.4) is 0 Å². The first-order chi connectivity index (χ1) is 7.09. The Bertz CT molecular complexity index is 379. The van der Waals surface area contributed by atoms with Gasteiger partial charge in [-0.1, -0.05) is 18.2 Å². The molecular formula is C9H9F2N3O. The number of carbonyl (C=O) groups is 1. The normalized spacial score (nSPS) is 10.9. The van der Waals surface area contributed by atoms with Crippen molar-refractivity contribution in [3.63, 3.8) is 0 Å². The summed E-state index contributed by atoms with van der Waals surface area (Å²) in [7, 11) is 0. The van der Waals surface area contributed by atoms with Crippen LogP contribution in [0.25, 0.3) is 0 Å². The van der Waals surface area contributed by atoms with Crippen LogP contribution in [-0.2, 0) is 0 Å². The molecule has 0 radical (unpaired) electrons. The minimum atomic E-state index is -2.53. The average Bonchev–Trinajstić information content (AvgIpc) is 2.17. The Labute approximate surface area is 84.8 Å². The zero-order valence-electron chi connectivity index (χ0n) is 7.65. The largest absolute Gasteiger partial charge is 0.350 e. The van der Waals surface area contributed by atoms with Crippen molar-refractivity contribution in [2.45, 2.75) is 6.43 Å². The van der Waals surface area contributed by atoms with Gasteiger partial charge in [0.25, 0.3) is 6.43 Å².